The lowest BCUT2D eigenvalue weighted by Crippen LogP contribution is -2.42. The fraction of sp³-hybridized carbons (Fsp3) is 0.615. The molecular formula is C13H20N4O2. The van der Waals surface area contributed by atoms with Crippen molar-refractivity contribution in [3.63, 3.8) is 0 Å². The van der Waals surface area contributed by atoms with Crippen LogP contribution in [0.15, 0.2) is 12.4 Å². The Morgan fingerprint density at radius 2 is 2.37 bits per heavy atom. The first-order chi connectivity index (χ1) is 9.20. The summed E-state index contributed by atoms with van der Waals surface area (Å²) in [7, 11) is 0. The summed E-state index contributed by atoms with van der Waals surface area (Å²) in [4.78, 5) is 22.1. The first-order valence-corrected chi connectivity index (χ1v) is 6.74. The molecule has 0 radical (unpaired) electrons. The number of rotatable bonds is 4. The summed E-state index contributed by atoms with van der Waals surface area (Å²) in [6.45, 7) is 3.96. The van der Waals surface area contributed by atoms with Crippen molar-refractivity contribution in [3.05, 3.63) is 18.1 Å². The number of carbonyl (C=O) groups excluding carboxylic acids is 1. The largest absolute Gasteiger partial charge is 0.391 e. The molecule has 1 aliphatic heterocycles. The van der Waals surface area contributed by atoms with Gasteiger partial charge in [-0.1, -0.05) is 6.92 Å². The maximum atomic E-state index is 12.2. The zero-order valence-electron chi connectivity index (χ0n) is 11.2. The zero-order chi connectivity index (χ0) is 13.7. The molecule has 1 saturated heterocycles. The van der Waals surface area contributed by atoms with Gasteiger partial charge in [-0.25, -0.2) is 9.97 Å². The highest BCUT2D eigenvalue weighted by molar-refractivity contribution is 5.92. The molecule has 0 bridgehead atoms. The van der Waals surface area contributed by atoms with Gasteiger partial charge in [-0.2, -0.15) is 0 Å². The maximum Gasteiger partial charge on any atom is 0.274 e. The van der Waals surface area contributed by atoms with Gasteiger partial charge in [0.15, 0.2) is 0 Å². The van der Waals surface area contributed by atoms with Gasteiger partial charge in [-0.15, -0.1) is 0 Å². The number of aromatic nitrogens is 2. The predicted molar refractivity (Wildman–Crippen MR) is 72.0 cm³/mol. The quantitative estimate of drug-likeness (QED) is 0.844. The van der Waals surface area contributed by atoms with Crippen molar-refractivity contribution in [1.29, 1.82) is 0 Å². The van der Waals surface area contributed by atoms with Gasteiger partial charge in [-0.3, -0.25) is 4.79 Å². The van der Waals surface area contributed by atoms with Crippen LogP contribution in [-0.4, -0.2) is 51.6 Å². The third kappa shape index (κ3) is 3.64. The number of hydrogen-bond donors (Lipinski definition) is 2. The van der Waals surface area contributed by atoms with Crippen LogP contribution >= 0.6 is 0 Å². The lowest BCUT2D eigenvalue weighted by Gasteiger charge is -2.29. The molecule has 1 aromatic rings. The van der Waals surface area contributed by atoms with Gasteiger partial charge in [0.25, 0.3) is 5.91 Å². The fourth-order valence-corrected chi connectivity index (χ4v) is 2.08. The van der Waals surface area contributed by atoms with E-state index >= 15 is 0 Å². The molecule has 1 aromatic heterocycles. The third-order valence-electron chi connectivity index (χ3n) is 3.11. The Kier molecular flexibility index (Phi) is 4.68. The average Bonchev–Trinajstić information content (AvgIpc) is 2.45. The van der Waals surface area contributed by atoms with Crippen LogP contribution in [0.3, 0.4) is 0 Å². The van der Waals surface area contributed by atoms with E-state index in [-0.39, 0.29) is 5.91 Å². The topological polar surface area (TPSA) is 78.4 Å². The standard InChI is InChI=1S/C13H20N4O2/c1-2-5-14-12-8-15-11(7-16-12)13(19)17-6-3-4-10(18)9-17/h7-8,10,18H,2-6,9H2,1H3,(H,14,16). The van der Waals surface area contributed by atoms with Gasteiger partial charge in [0.05, 0.1) is 18.5 Å². The number of nitrogens with zero attached hydrogens (tertiary/aromatic N) is 3. The molecule has 0 saturated carbocycles. The number of carbonyl (C=O) groups is 1. The molecule has 104 valence electrons. The van der Waals surface area contributed by atoms with E-state index < -0.39 is 6.10 Å². The van der Waals surface area contributed by atoms with Crippen molar-refractivity contribution in [1.82, 2.24) is 14.9 Å². The summed E-state index contributed by atoms with van der Waals surface area (Å²) in [6.07, 6.45) is 5.24. The molecule has 1 aliphatic rings. The minimum absolute atomic E-state index is 0.159. The summed E-state index contributed by atoms with van der Waals surface area (Å²) in [5, 5.41) is 12.7. The van der Waals surface area contributed by atoms with Crippen LogP contribution in [-0.2, 0) is 0 Å². The second-order valence-electron chi connectivity index (χ2n) is 4.76. The number of β-amino-alcohol motifs (C(OH)–C–C–N with tert-alkyl or cyclic N) is 1. The van der Waals surface area contributed by atoms with Gasteiger partial charge in [-0.05, 0) is 19.3 Å². The first kappa shape index (κ1) is 13.7. The van der Waals surface area contributed by atoms with Crippen LogP contribution in [0.25, 0.3) is 0 Å². The van der Waals surface area contributed by atoms with E-state index in [1.807, 2.05) is 0 Å². The Hall–Kier alpha value is -1.69. The molecule has 0 spiro atoms. The zero-order valence-corrected chi connectivity index (χ0v) is 11.2. The molecular weight excluding hydrogens is 244 g/mol. The number of aliphatic hydroxyl groups excluding tert-OH is 1. The van der Waals surface area contributed by atoms with Crippen molar-refractivity contribution in [2.45, 2.75) is 32.3 Å². The molecule has 19 heavy (non-hydrogen) atoms. The van der Waals surface area contributed by atoms with Crippen molar-refractivity contribution < 1.29 is 9.90 Å². The van der Waals surface area contributed by atoms with Crippen LogP contribution in [0.2, 0.25) is 0 Å². The average molecular weight is 264 g/mol. The molecule has 1 amide bonds. The fourth-order valence-electron chi connectivity index (χ4n) is 2.08. The monoisotopic (exact) mass is 264 g/mol. The van der Waals surface area contributed by atoms with Gasteiger partial charge in [0.2, 0.25) is 0 Å². The van der Waals surface area contributed by atoms with Crippen LogP contribution in [0, 0.1) is 0 Å². The van der Waals surface area contributed by atoms with E-state index in [1.54, 1.807) is 11.1 Å². The van der Waals surface area contributed by atoms with Crippen molar-refractivity contribution in [2.75, 3.05) is 25.0 Å². The molecule has 2 N–H and O–H groups in total. The SMILES string of the molecule is CCCNc1cnc(C(=O)N2CCCC(O)C2)cn1. The summed E-state index contributed by atoms with van der Waals surface area (Å²) in [5.41, 5.74) is 0.330. The van der Waals surface area contributed by atoms with Crippen molar-refractivity contribution in [3.8, 4) is 0 Å². The second-order valence-corrected chi connectivity index (χ2v) is 4.76. The summed E-state index contributed by atoms with van der Waals surface area (Å²) in [5.74, 6) is 0.519. The molecule has 1 unspecified atom stereocenters. The first-order valence-electron chi connectivity index (χ1n) is 6.74. The van der Waals surface area contributed by atoms with E-state index in [9.17, 15) is 9.90 Å². The summed E-state index contributed by atoms with van der Waals surface area (Å²) < 4.78 is 0. The number of aliphatic hydroxyl groups is 1. The van der Waals surface area contributed by atoms with E-state index in [4.69, 9.17) is 0 Å². The van der Waals surface area contributed by atoms with E-state index in [0.29, 0.717) is 24.6 Å². The number of hydrogen-bond acceptors (Lipinski definition) is 5. The minimum Gasteiger partial charge on any atom is -0.391 e. The Morgan fingerprint density at radius 1 is 1.53 bits per heavy atom. The van der Waals surface area contributed by atoms with Gasteiger partial charge < -0.3 is 15.3 Å². The van der Waals surface area contributed by atoms with Crippen LogP contribution in [0.4, 0.5) is 5.82 Å². The Balaban J connectivity index is 1.98. The van der Waals surface area contributed by atoms with E-state index in [1.165, 1.54) is 6.20 Å². The molecule has 2 heterocycles. The molecule has 1 fully saturated rings. The maximum absolute atomic E-state index is 12.2. The predicted octanol–water partition coefficient (Wildman–Crippen LogP) is 0.895. The summed E-state index contributed by atoms with van der Waals surface area (Å²) >= 11 is 0. The summed E-state index contributed by atoms with van der Waals surface area (Å²) in [6, 6.07) is 0. The Morgan fingerprint density at radius 3 is 3.00 bits per heavy atom. The number of likely N-dealkylation sites (tertiary alicyclic amines) is 1. The van der Waals surface area contributed by atoms with E-state index in [2.05, 4.69) is 22.2 Å². The molecule has 0 aliphatic carbocycles. The lowest BCUT2D eigenvalue weighted by molar-refractivity contribution is 0.0468. The van der Waals surface area contributed by atoms with Crippen LogP contribution in [0.5, 0.6) is 0 Å². The lowest BCUT2D eigenvalue weighted by atomic mass is 10.1. The highest BCUT2D eigenvalue weighted by Gasteiger charge is 2.23. The van der Waals surface area contributed by atoms with Gasteiger partial charge >= 0.3 is 0 Å². The number of anilines is 1. The highest BCUT2D eigenvalue weighted by atomic mass is 16.3. The molecule has 2 rings (SSSR count). The van der Waals surface area contributed by atoms with Gasteiger partial charge in [0.1, 0.15) is 11.5 Å². The third-order valence-corrected chi connectivity index (χ3v) is 3.11. The highest BCUT2D eigenvalue weighted by Crippen LogP contribution is 2.13. The van der Waals surface area contributed by atoms with Crippen molar-refractivity contribution >= 4 is 11.7 Å². The van der Waals surface area contributed by atoms with Crippen LogP contribution < -0.4 is 5.32 Å². The Labute approximate surface area is 112 Å². The molecule has 0 aromatic carbocycles. The molecule has 1 atom stereocenters. The smallest absolute Gasteiger partial charge is 0.274 e. The van der Waals surface area contributed by atoms with E-state index in [0.717, 1.165) is 25.8 Å². The molecule has 6 heteroatoms. The number of amides is 1. The number of nitrogens with one attached hydrogen (secondary N) is 1. The Bertz CT molecular complexity index is 421. The second kappa shape index (κ2) is 6.47. The van der Waals surface area contributed by atoms with Crippen molar-refractivity contribution in [2.24, 2.45) is 0 Å². The normalized spacial score (nSPS) is 19.3. The minimum atomic E-state index is -0.420. The van der Waals surface area contributed by atoms with Gasteiger partial charge in [0, 0.05) is 19.6 Å². The molecule has 6 nitrogen and oxygen atoms in total. The van der Waals surface area contributed by atoms with Crippen LogP contribution in [0.1, 0.15) is 36.7 Å². The number of piperidine rings is 1.